The average molecular weight is 527 g/mol. The van der Waals surface area contributed by atoms with Gasteiger partial charge in [-0.15, -0.1) is 0 Å². The first-order chi connectivity index (χ1) is 18.7. The number of methoxy groups -OCH3 is 1. The number of amides is 1. The second kappa shape index (κ2) is 10.8. The summed E-state index contributed by atoms with van der Waals surface area (Å²) in [5.74, 6) is 2.26. The van der Waals surface area contributed by atoms with Gasteiger partial charge in [0.15, 0.2) is 11.1 Å². The fourth-order valence-corrected chi connectivity index (χ4v) is 5.96. The normalized spacial score (nSPS) is 18.3. The lowest BCUT2D eigenvalue weighted by Gasteiger charge is -2.25. The van der Waals surface area contributed by atoms with Crippen molar-refractivity contribution in [2.75, 3.05) is 31.6 Å². The number of piperidine rings is 1. The van der Waals surface area contributed by atoms with Gasteiger partial charge < -0.3 is 19.0 Å². The number of fused-ring (bicyclic) bond motifs is 1. The van der Waals surface area contributed by atoms with Crippen LogP contribution in [0.4, 0.5) is 11.6 Å². The smallest absolute Gasteiger partial charge is 0.266 e. The number of carbonyl (C=O) groups is 1. The highest BCUT2D eigenvalue weighted by Gasteiger charge is 2.33. The quantitative estimate of drug-likeness (QED) is 0.275. The third-order valence-electron chi connectivity index (χ3n) is 7.02. The van der Waals surface area contributed by atoms with Crippen LogP contribution < -0.4 is 9.64 Å². The largest absolute Gasteiger partial charge is 0.497 e. The molecule has 0 spiro atoms. The van der Waals surface area contributed by atoms with Gasteiger partial charge in [0.2, 0.25) is 0 Å². The molecule has 0 saturated carbocycles. The molecule has 4 aromatic rings. The molecule has 2 aliphatic heterocycles. The summed E-state index contributed by atoms with van der Waals surface area (Å²) >= 11 is 1.39. The molecule has 2 aromatic carbocycles. The van der Waals surface area contributed by atoms with E-state index in [1.165, 1.54) is 42.0 Å². The molecule has 2 fully saturated rings. The third kappa shape index (κ3) is 5.09. The number of benzene rings is 2. The first-order valence-electron chi connectivity index (χ1n) is 13.0. The van der Waals surface area contributed by atoms with Crippen molar-refractivity contribution in [2.24, 2.45) is 4.99 Å². The lowest BCUT2D eigenvalue weighted by atomic mass is 10.1. The van der Waals surface area contributed by atoms with E-state index in [1.807, 2.05) is 60.8 Å². The molecular formula is C30H30N4O3S. The predicted molar refractivity (Wildman–Crippen MR) is 154 cm³/mol. The Morgan fingerprint density at radius 1 is 1.05 bits per heavy atom. The van der Waals surface area contributed by atoms with Crippen molar-refractivity contribution in [1.29, 1.82) is 0 Å². The number of H-pyrrole nitrogens is 1. The van der Waals surface area contributed by atoms with E-state index in [-0.39, 0.29) is 5.91 Å². The van der Waals surface area contributed by atoms with Crippen molar-refractivity contribution >= 4 is 51.4 Å². The molecule has 1 N–H and O–H groups in total. The van der Waals surface area contributed by atoms with Crippen molar-refractivity contribution in [3.63, 3.8) is 0 Å². The van der Waals surface area contributed by atoms with Gasteiger partial charge in [0, 0.05) is 48.9 Å². The molecule has 0 aliphatic carbocycles. The Bertz CT molecular complexity index is 1500. The maximum absolute atomic E-state index is 13.6. The summed E-state index contributed by atoms with van der Waals surface area (Å²) in [6.45, 7) is 2.55. The van der Waals surface area contributed by atoms with Gasteiger partial charge in [-0.25, -0.2) is 4.99 Å². The van der Waals surface area contributed by atoms with E-state index in [0.717, 1.165) is 35.9 Å². The van der Waals surface area contributed by atoms with E-state index in [9.17, 15) is 4.79 Å². The van der Waals surface area contributed by atoms with Crippen LogP contribution in [0.5, 0.6) is 5.75 Å². The van der Waals surface area contributed by atoms with E-state index < -0.39 is 0 Å². The average Bonchev–Trinajstić information content (AvgIpc) is 3.67. The molecule has 8 heteroatoms. The predicted octanol–water partition coefficient (Wildman–Crippen LogP) is 6.61. The lowest BCUT2D eigenvalue weighted by molar-refractivity contribution is -0.122. The molecule has 7 nitrogen and oxygen atoms in total. The number of aromatic amines is 1. The summed E-state index contributed by atoms with van der Waals surface area (Å²) in [7, 11) is 1.64. The fraction of sp³-hybridized carbons (Fsp3) is 0.267. The highest BCUT2D eigenvalue weighted by Crippen LogP contribution is 2.36. The van der Waals surface area contributed by atoms with Crippen LogP contribution in [0.25, 0.3) is 17.0 Å². The van der Waals surface area contributed by atoms with Crippen molar-refractivity contribution in [1.82, 2.24) is 9.88 Å². The Labute approximate surface area is 226 Å². The summed E-state index contributed by atoms with van der Waals surface area (Å²) in [4.78, 5) is 26.4. The maximum atomic E-state index is 13.6. The van der Waals surface area contributed by atoms with Crippen LogP contribution in [-0.2, 0) is 11.2 Å². The standard InChI is InChI=1S/C30H30N4O3S/c1-36-23-11-9-22(10-12-23)32-30-34(18-15-21-20-31-26-8-4-3-7-25(21)26)29(35)27(38-30)19-24-13-14-28(37-24)33-16-5-2-6-17-33/h3-4,7-14,19-20,31H,2,5-6,15-18H2,1H3. The summed E-state index contributed by atoms with van der Waals surface area (Å²) < 4.78 is 11.4. The SMILES string of the molecule is COc1ccc(N=C2SC(=Cc3ccc(N4CCCCC4)o3)C(=O)N2CCc2c[nH]c3ccccc23)cc1. The molecule has 0 bridgehead atoms. The number of carbonyl (C=O) groups excluding carboxylic acids is 1. The van der Waals surface area contributed by atoms with Crippen molar-refractivity contribution < 1.29 is 13.9 Å². The molecule has 2 aromatic heterocycles. The number of nitrogens with zero attached hydrogens (tertiary/aromatic N) is 3. The molecule has 194 valence electrons. The molecule has 0 atom stereocenters. The van der Waals surface area contributed by atoms with Gasteiger partial charge >= 0.3 is 0 Å². The molecule has 4 heterocycles. The van der Waals surface area contributed by atoms with Gasteiger partial charge in [0.05, 0.1) is 17.7 Å². The van der Waals surface area contributed by atoms with Crippen LogP contribution in [0, 0.1) is 0 Å². The van der Waals surface area contributed by atoms with Gasteiger partial charge in [-0.3, -0.25) is 9.69 Å². The van der Waals surface area contributed by atoms with Gasteiger partial charge in [0.1, 0.15) is 11.5 Å². The Kier molecular flexibility index (Phi) is 6.96. The number of anilines is 1. The van der Waals surface area contributed by atoms with E-state index >= 15 is 0 Å². The van der Waals surface area contributed by atoms with E-state index in [2.05, 4.69) is 22.0 Å². The number of amidine groups is 1. The second-order valence-electron chi connectivity index (χ2n) is 9.49. The Morgan fingerprint density at radius 2 is 1.87 bits per heavy atom. The van der Waals surface area contributed by atoms with Gasteiger partial charge in [0.25, 0.3) is 5.91 Å². The maximum Gasteiger partial charge on any atom is 0.266 e. The summed E-state index contributed by atoms with van der Waals surface area (Å²) in [5, 5.41) is 1.84. The number of hydrogen-bond acceptors (Lipinski definition) is 6. The summed E-state index contributed by atoms with van der Waals surface area (Å²) in [6.07, 6.45) is 8.22. The molecule has 2 aliphatic rings. The van der Waals surface area contributed by atoms with Crippen LogP contribution >= 0.6 is 11.8 Å². The van der Waals surface area contributed by atoms with Crippen LogP contribution in [0.2, 0.25) is 0 Å². The number of hydrogen-bond donors (Lipinski definition) is 1. The van der Waals surface area contributed by atoms with Crippen molar-refractivity contribution in [3.8, 4) is 5.75 Å². The monoisotopic (exact) mass is 526 g/mol. The van der Waals surface area contributed by atoms with E-state index in [0.29, 0.717) is 28.8 Å². The highest BCUT2D eigenvalue weighted by atomic mass is 32.2. The number of para-hydroxylation sites is 1. The van der Waals surface area contributed by atoms with Crippen LogP contribution in [-0.4, -0.2) is 47.7 Å². The Balaban J connectivity index is 1.27. The van der Waals surface area contributed by atoms with Crippen molar-refractivity contribution in [3.05, 3.63) is 83.1 Å². The molecule has 0 radical (unpaired) electrons. The zero-order valence-electron chi connectivity index (χ0n) is 21.4. The number of aromatic nitrogens is 1. The Morgan fingerprint density at radius 3 is 2.68 bits per heavy atom. The molecule has 2 saturated heterocycles. The molecule has 0 unspecified atom stereocenters. The van der Waals surface area contributed by atoms with Gasteiger partial charge in [-0.2, -0.15) is 0 Å². The van der Waals surface area contributed by atoms with Crippen LogP contribution in [0.1, 0.15) is 30.6 Å². The molecule has 6 rings (SSSR count). The highest BCUT2D eigenvalue weighted by molar-refractivity contribution is 8.18. The molecule has 1 amide bonds. The van der Waals surface area contributed by atoms with Gasteiger partial charge in [-0.05, 0) is 79.4 Å². The van der Waals surface area contributed by atoms with E-state index in [1.54, 1.807) is 12.0 Å². The number of nitrogens with one attached hydrogen (secondary N) is 1. The zero-order chi connectivity index (χ0) is 25.9. The van der Waals surface area contributed by atoms with Crippen LogP contribution in [0.15, 0.2) is 81.2 Å². The molecule has 38 heavy (non-hydrogen) atoms. The third-order valence-corrected chi connectivity index (χ3v) is 8.03. The Hall–Kier alpha value is -3.91. The minimum Gasteiger partial charge on any atom is -0.497 e. The second-order valence-corrected chi connectivity index (χ2v) is 10.5. The number of rotatable bonds is 7. The number of ether oxygens (including phenoxy) is 1. The summed E-state index contributed by atoms with van der Waals surface area (Å²) in [5.41, 5.74) is 3.04. The van der Waals surface area contributed by atoms with Crippen molar-refractivity contribution in [2.45, 2.75) is 25.7 Å². The fourth-order valence-electron chi connectivity index (χ4n) is 4.96. The topological polar surface area (TPSA) is 74.1 Å². The summed E-state index contributed by atoms with van der Waals surface area (Å²) in [6, 6.07) is 19.7. The minimum atomic E-state index is -0.0574. The van der Waals surface area contributed by atoms with Gasteiger partial charge in [-0.1, -0.05) is 18.2 Å². The lowest BCUT2D eigenvalue weighted by Crippen LogP contribution is -2.31. The van der Waals surface area contributed by atoms with Crippen LogP contribution in [0.3, 0.4) is 0 Å². The zero-order valence-corrected chi connectivity index (χ0v) is 22.2. The minimum absolute atomic E-state index is 0.0574. The first kappa shape index (κ1) is 24.4. The number of furan rings is 1. The van der Waals surface area contributed by atoms with E-state index in [4.69, 9.17) is 14.1 Å². The number of thioether (sulfide) groups is 1. The number of aliphatic imine (C=N–C) groups is 1. The first-order valence-corrected chi connectivity index (χ1v) is 13.8. The molecular weight excluding hydrogens is 496 g/mol.